The molecule has 0 saturated carbocycles. The number of amides is 1. The van der Waals surface area contributed by atoms with Gasteiger partial charge in [0.2, 0.25) is 5.91 Å². The lowest BCUT2D eigenvalue weighted by atomic mass is 10.1. The smallest absolute Gasteiger partial charge is 0.330 e. The van der Waals surface area contributed by atoms with Crippen molar-refractivity contribution < 1.29 is 4.79 Å². The Bertz CT molecular complexity index is 806. The number of carbonyl (C=O) groups is 1. The summed E-state index contributed by atoms with van der Waals surface area (Å²) in [6.07, 6.45) is 0.204. The molecule has 0 fully saturated rings. The third-order valence-electron chi connectivity index (χ3n) is 3.37. The van der Waals surface area contributed by atoms with Crippen molar-refractivity contribution in [1.29, 1.82) is 0 Å². The Morgan fingerprint density at radius 2 is 1.77 bits per heavy atom. The molecular formula is C15H16ClN3O3. The SMILES string of the molecule is Cn1c(CNC(=O)Cc2ccc(Cl)cc2)cc(=O)n(C)c1=O. The van der Waals surface area contributed by atoms with Gasteiger partial charge in [0.15, 0.2) is 0 Å². The van der Waals surface area contributed by atoms with Crippen molar-refractivity contribution in [2.24, 2.45) is 14.1 Å². The second-order valence-electron chi connectivity index (χ2n) is 4.95. The van der Waals surface area contributed by atoms with Crippen molar-refractivity contribution in [3.05, 3.63) is 67.4 Å². The van der Waals surface area contributed by atoms with Crippen LogP contribution in [0.25, 0.3) is 0 Å². The topological polar surface area (TPSA) is 73.1 Å². The zero-order valence-electron chi connectivity index (χ0n) is 12.3. The van der Waals surface area contributed by atoms with Gasteiger partial charge in [0.05, 0.1) is 13.0 Å². The van der Waals surface area contributed by atoms with Gasteiger partial charge in [0.25, 0.3) is 5.56 Å². The first-order valence-electron chi connectivity index (χ1n) is 6.65. The average Bonchev–Trinajstić information content (AvgIpc) is 2.50. The van der Waals surface area contributed by atoms with Crippen LogP contribution in [0.3, 0.4) is 0 Å². The molecule has 0 unspecified atom stereocenters. The van der Waals surface area contributed by atoms with E-state index in [-0.39, 0.29) is 18.9 Å². The normalized spacial score (nSPS) is 10.5. The minimum atomic E-state index is -0.422. The summed E-state index contributed by atoms with van der Waals surface area (Å²) >= 11 is 5.78. The lowest BCUT2D eigenvalue weighted by Crippen LogP contribution is -2.39. The highest BCUT2D eigenvalue weighted by atomic mass is 35.5. The van der Waals surface area contributed by atoms with E-state index in [9.17, 15) is 14.4 Å². The maximum atomic E-state index is 11.9. The third kappa shape index (κ3) is 3.65. The van der Waals surface area contributed by atoms with Crippen LogP contribution in [0, 0.1) is 0 Å². The van der Waals surface area contributed by atoms with Crippen molar-refractivity contribution >= 4 is 17.5 Å². The lowest BCUT2D eigenvalue weighted by Gasteiger charge is -2.10. The number of hydrogen-bond acceptors (Lipinski definition) is 3. The molecule has 1 aromatic carbocycles. The van der Waals surface area contributed by atoms with Crippen molar-refractivity contribution in [2.45, 2.75) is 13.0 Å². The maximum absolute atomic E-state index is 11.9. The first-order valence-corrected chi connectivity index (χ1v) is 7.03. The minimum absolute atomic E-state index is 0.119. The van der Waals surface area contributed by atoms with Crippen molar-refractivity contribution in [3.8, 4) is 0 Å². The van der Waals surface area contributed by atoms with Gasteiger partial charge in [-0.25, -0.2) is 4.79 Å². The second-order valence-corrected chi connectivity index (χ2v) is 5.39. The van der Waals surface area contributed by atoms with E-state index in [4.69, 9.17) is 11.6 Å². The summed E-state index contributed by atoms with van der Waals surface area (Å²) in [6, 6.07) is 8.32. The maximum Gasteiger partial charge on any atom is 0.330 e. The van der Waals surface area contributed by atoms with Gasteiger partial charge in [0, 0.05) is 30.9 Å². The highest BCUT2D eigenvalue weighted by molar-refractivity contribution is 6.30. The standard InChI is InChI=1S/C15H16ClN3O3/c1-18-12(8-14(21)19(2)15(18)22)9-17-13(20)7-10-3-5-11(16)6-4-10/h3-6,8H,7,9H2,1-2H3,(H,17,20). The van der Waals surface area contributed by atoms with Gasteiger partial charge in [-0.15, -0.1) is 0 Å². The van der Waals surface area contributed by atoms with E-state index in [0.29, 0.717) is 10.7 Å². The van der Waals surface area contributed by atoms with Crippen LogP contribution in [0.2, 0.25) is 5.02 Å². The van der Waals surface area contributed by atoms with Crippen LogP contribution in [0.1, 0.15) is 11.3 Å². The Hall–Kier alpha value is -2.34. The number of nitrogens with one attached hydrogen (secondary N) is 1. The molecule has 116 valence electrons. The summed E-state index contributed by atoms with van der Waals surface area (Å²) in [5.41, 5.74) is 0.469. The molecule has 6 nitrogen and oxygen atoms in total. The predicted molar refractivity (Wildman–Crippen MR) is 83.9 cm³/mol. The zero-order valence-corrected chi connectivity index (χ0v) is 13.1. The first-order chi connectivity index (χ1) is 10.4. The molecule has 0 atom stereocenters. The molecule has 0 aliphatic rings. The van der Waals surface area contributed by atoms with Crippen LogP contribution in [-0.2, 0) is 31.9 Å². The molecule has 1 aromatic heterocycles. The van der Waals surface area contributed by atoms with Crippen molar-refractivity contribution in [1.82, 2.24) is 14.5 Å². The number of carbonyl (C=O) groups excluding carboxylic acids is 1. The molecule has 1 N–H and O–H groups in total. The molecule has 2 aromatic rings. The van der Waals surface area contributed by atoms with Gasteiger partial charge in [0.1, 0.15) is 0 Å². The summed E-state index contributed by atoms with van der Waals surface area (Å²) in [6.45, 7) is 0.119. The molecule has 7 heteroatoms. The summed E-state index contributed by atoms with van der Waals surface area (Å²) < 4.78 is 2.35. The Balaban J connectivity index is 2.04. The van der Waals surface area contributed by atoms with Gasteiger partial charge in [-0.3, -0.25) is 18.7 Å². The van der Waals surface area contributed by atoms with E-state index in [1.165, 1.54) is 17.7 Å². The number of benzene rings is 1. The quantitative estimate of drug-likeness (QED) is 0.896. The van der Waals surface area contributed by atoms with Crippen LogP contribution >= 0.6 is 11.6 Å². The first kappa shape index (κ1) is 16.0. The van der Waals surface area contributed by atoms with Crippen LogP contribution in [-0.4, -0.2) is 15.0 Å². The fourth-order valence-electron chi connectivity index (χ4n) is 1.99. The molecule has 1 heterocycles. The van der Waals surface area contributed by atoms with Crippen molar-refractivity contribution in [2.75, 3.05) is 0 Å². The van der Waals surface area contributed by atoms with E-state index in [1.54, 1.807) is 31.3 Å². The van der Waals surface area contributed by atoms with Crippen LogP contribution in [0.15, 0.2) is 39.9 Å². The molecule has 0 radical (unpaired) electrons. The van der Waals surface area contributed by atoms with Gasteiger partial charge < -0.3 is 5.32 Å². The minimum Gasteiger partial charge on any atom is -0.350 e. The molecule has 1 amide bonds. The number of nitrogens with zero attached hydrogens (tertiary/aromatic N) is 2. The predicted octanol–water partition coefficient (Wildman–Crippen LogP) is 0.596. The average molecular weight is 322 g/mol. The van der Waals surface area contributed by atoms with E-state index in [1.807, 2.05) is 0 Å². The highest BCUT2D eigenvalue weighted by Gasteiger charge is 2.08. The largest absolute Gasteiger partial charge is 0.350 e. The molecule has 0 aliphatic carbocycles. The Morgan fingerprint density at radius 1 is 1.14 bits per heavy atom. The summed E-state index contributed by atoms with van der Waals surface area (Å²) in [7, 11) is 2.97. The van der Waals surface area contributed by atoms with Gasteiger partial charge in [-0.05, 0) is 17.7 Å². The second kappa shape index (κ2) is 6.62. The Labute approximate surface area is 132 Å². The molecule has 0 bridgehead atoms. The molecule has 0 spiro atoms. The monoisotopic (exact) mass is 321 g/mol. The van der Waals surface area contributed by atoms with Gasteiger partial charge in [-0.1, -0.05) is 23.7 Å². The molecular weight excluding hydrogens is 306 g/mol. The van der Waals surface area contributed by atoms with E-state index in [2.05, 4.69) is 5.32 Å². The molecule has 22 heavy (non-hydrogen) atoms. The van der Waals surface area contributed by atoms with Crippen molar-refractivity contribution in [3.63, 3.8) is 0 Å². The third-order valence-corrected chi connectivity index (χ3v) is 3.62. The van der Waals surface area contributed by atoms with Crippen LogP contribution in [0.5, 0.6) is 0 Å². The fourth-order valence-corrected chi connectivity index (χ4v) is 2.11. The fraction of sp³-hybridized carbons (Fsp3) is 0.267. The van der Waals surface area contributed by atoms with Gasteiger partial charge in [-0.2, -0.15) is 0 Å². The molecule has 2 rings (SSSR count). The van der Waals surface area contributed by atoms with Gasteiger partial charge >= 0.3 is 5.69 Å². The summed E-state index contributed by atoms with van der Waals surface area (Å²) in [5.74, 6) is -0.199. The van der Waals surface area contributed by atoms with Crippen LogP contribution < -0.4 is 16.6 Å². The Kier molecular flexibility index (Phi) is 4.82. The number of halogens is 1. The molecule has 0 saturated heterocycles. The number of rotatable bonds is 4. The Morgan fingerprint density at radius 3 is 2.41 bits per heavy atom. The van der Waals surface area contributed by atoms with E-state index < -0.39 is 11.2 Å². The van der Waals surface area contributed by atoms with E-state index in [0.717, 1.165) is 10.1 Å². The lowest BCUT2D eigenvalue weighted by molar-refractivity contribution is -0.120. The highest BCUT2D eigenvalue weighted by Crippen LogP contribution is 2.09. The van der Waals surface area contributed by atoms with E-state index >= 15 is 0 Å². The number of aromatic nitrogens is 2. The summed E-state index contributed by atoms with van der Waals surface area (Å²) in [5, 5.41) is 3.31. The zero-order chi connectivity index (χ0) is 16.3. The summed E-state index contributed by atoms with van der Waals surface area (Å²) in [4.78, 5) is 35.3. The number of hydrogen-bond donors (Lipinski definition) is 1. The molecule has 0 aliphatic heterocycles. The van der Waals surface area contributed by atoms with Crippen LogP contribution in [0.4, 0.5) is 0 Å².